The molecule has 2 aromatic carbocycles. The number of nitriles is 1. The minimum absolute atomic E-state index is 0.0731. The van der Waals surface area contributed by atoms with Crippen molar-refractivity contribution < 1.29 is 22.4 Å². The normalized spacial score (nSPS) is 12.5. The van der Waals surface area contributed by atoms with Crippen LogP contribution in [-0.2, 0) is 12.7 Å². The van der Waals surface area contributed by atoms with Gasteiger partial charge in [0.05, 0.1) is 58.9 Å². The van der Waals surface area contributed by atoms with Gasteiger partial charge in [-0.3, -0.25) is 4.57 Å². The molecule has 0 radical (unpaired) electrons. The number of carbonyl (C=O) groups is 1. The number of hydrogen-bond donors (Lipinski definition) is 1. The molecule has 3 heterocycles. The Balaban J connectivity index is 1.68. The zero-order chi connectivity index (χ0) is 33.3. The minimum atomic E-state index is -4.66. The van der Waals surface area contributed by atoms with E-state index in [-0.39, 0.29) is 28.9 Å². The summed E-state index contributed by atoms with van der Waals surface area (Å²) in [7, 11) is 3.75. The molecule has 11 nitrogen and oxygen atoms in total. The first-order chi connectivity index (χ1) is 21.8. The highest BCUT2D eigenvalue weighted by molar-refractivity contribution is 5.83. The van der Waals surface area contributed by atoms with Crippen molar-refractivity contribution in [2.75, 3.05) is 14.1 Å². The van der Waals surface area contributed by atoms with Crippen molar-refractivity contribution in [3.05, 3.63) is 106 Å². The van der Waals surface area contributed by atoms with Crippen LogP contribution in [0.1, 0.15) is 48.4 Å². The standard InChI is InChI=1S/C32H31F3N8O3/c1-19(2)27(29-37-17-25(46-29)18-40(4)5)39-30(44)42-28(26-13-14-38-43(26)23-11-9-21(16-36)10-12-23)20(3)41(31(42)45)24-8-6-7-22(15-24)32(33,34)35/h6-15,17,19,27H,18H2,1-5H3,(H,39,44). The molecule has 14 heteroatoms. The van der Waals surface area contributed by atoms with Gasteiger partial charge >= 0.3 is 17.9 Å². The van der Waals surface area contributed by atoms with E-state index in [2.05, 4.69) is 15.4 Å². The van der Waals surface area contributed by atoms with Crippen LogP contribution in [0.25, 0.3) is 22.8 Å². The van der Waals surface area contributed by atoms with Crippen molar-refractivity contribution in [3.63, 3.8) is 0 Å². The Kier molecular flexibility index (Phi) is 8.71. The summed E-state index contributed by atoms with van der Waals surface area (Å²) in [6, 6.07) is 12.9. The summed E-state index contributed by atoms with van der Waals surface area (Å²) in [4.78, 5) is 34.5. The first-order valence-electron chi connectivity index (χ1n) is 14.3. The van der Waals surface area contributed by atoms with Gasteiger partial charge in [0.2, 0.25) is 5.89 Å². The topological polar surface area (TPSA) is 127 Å². The summed E-state index contributed by atoms with van der Waals surface area (Å²) >= 11 is 0. The third kappa shape index (κ3) is 6.22. The molecule has 0 saturated carbocycles. The number of imidazole rings is 1. The number of nitrogens with zero attached hydrogens (tertiary/aromatic N) is 7. The third-order valence-electron chi connectivity index (χ3n) is 7.30. The predicted octanol–water partition coefficient (Wildman–Crippen LogP) is 5.70. The average Bonchev–Trinajstić information content (AvgIpc) is 3.73. The maximum Gasteiger partial charge on any atom is 0.416 e. The fourth-order valence-corrected chi connectivity index (χ4v) is 5.15. The van der Waals surface area contributed by atoms with E-state index in [1.807, 2.05) is 38.9 Å². The van der Waals surface area contributed by atoms with Gasteiger partial charge in [0.1, 0.15) is 17.5 Å². The van der Waals surface area contributed by atoms with Crippen LogP contribution in [0, 0.1) is 24.2 Å². The van der Waals surface area contributed by atoms with E-state index in [0.717, 1.165) is 21.3 Å². The van der Waals surface area contributed by atoms with Gasteiger partial charge in [0, 0.05) is 0 Å². The summed E-state index contributed by atoms with van der Waals surface area (Å²) in [5.74, 6) is 0.604. The highest BCUT2D eigenvalue weighted by Gasteiger charge is 2.33. The Morgan fingerprint density at radius 1 is 1.11 bits per heavy atom. The molecule has 0 aliphatic heterocycles. The van der Waals surface area contributed by atoms with Crippen LogP contribution in [-0.4, -0.2) is 48.9 Å². The second kappa shape index (κ2) is 12.5. The third-order valence-corrected chi connectivity index (χ3v) is 7.30. The lowest BCUT2D eigenvalue weighted by Gasteiger charge is -2.20. The smallest absolute Gasteiger partial charge is 0.416 e. The van der Waals surface area contributed by atoms with Gasteiger partial charge in [0.25, 0.3) is 0 Å². The van der Waals surface area contributed by atoms with Crippen LogP contribution in [0.15, 0.2) is 76.2 Å². The zero-order valence-corrected chi connectivity index (χ0v) is 25.7. The number of benzene rings is 2. The van der Waals surface area contributed by atoms with Crippen LogP contribution in [0.4, 0.5) is 18.0 Å². The number of hydrogen-bond acceptors (Lipinski definition) is 7. The fraction of sp³-hybridized carbons (Fsp3) is 0.281. The first kappa shape index (κ1) is 32.0. The number of rotatable bonds is 8. The lowest BCUT2D eigenvalue weighted by atomic mass is 10.0. The number of alkyl halides is 3. The molecule has 0 aliphatic carbocycles. The highest BCUT2D eigenvalue weighted by Crippen LogP contribution is 2.32. The lowest BCUT2D eigenvalue weighted by Crippen LogP contribution is -2.40. The summed E-state index contributed by atoms with van der Waals surface area (Å²) in [5.41, 5.74) is -0.361. The van der Waals surface area contributed by atoms with Gasteiger partial charge in [-0.2, -0.15) is 23.5 Å². The maximum atomic E-state index is 14.1. The van der Waals surface area contributed by atoms with E-state index in [0.29, 0.717) is 29.2 Å². The van der Waals surface area contributed by atoms with Crippen LogP contribution < -0.4 is 11.0 Å². The number of halogens is 3. The Morgan fingerprint density at radius 2 is 1.83 bits per heavy atom. The van der Waals surface area contributed by atoms with Gasteiger partial charge in [-0.25, -0.2) is 23.8 Å². The van der Waals surface area contributed by atoms with Crippen LogP contribution in [0.2, 0.25) is 0 Å². The van der Waals surface area contributed by atoms with Gasteiger partial charge in [-0.05, 0) is 75.5 Å². The molecule has 5 aromatic rings. The van der Waals surface area contributed by atoms with Gasteiger partial charge in [0.15, 0.2) is 0 Å². The summed E-state index contributed by atoms with van der Waals surface area (Å²) in [5, 5.41) is 16.5. The molecule has 0 saturated heterocycles. The molecule has 1 atom stereocenters. The molecule has 0 bridgehead atoms. The molecule has 0 spiro atoms. The Morgan fingerprint density at radius 3 is 2.46 bits per heavy atom. The van der Waals surface area contributed by atoms with Gasteiger partial charge in [-0.1, -0.05) is 19.9 Å². The summed E-state index contributed by atoms with van der Waals surface area (Å²) in [6.45, 7) is 5.72. The van der Waals surface area contributed by atoms with E-state index in [4.69, 9.17) is 4.42 Å². The molecular formula is C32H31F3N8O3. The number of amides is 1. The van der Waals surface area contributed by atoms with E-state index in [1.165, 1.54) is 23.0 Å². The lowest BCUT2D eigenvalue weighted by molar-refractivity contribution is -0.137. The van der Waals surface area contributed by atoms with Gasteiger partial charge < -0.3 is 14.6 Å². The van der Waals surface area contributed by atoms with E-state index in [1.54, 1.807) is 43.5 Å². The van der Waals surface area contributed by atoms with Crippen molar-refractivity contribution >= 4 is 6.03 Å². The number of nitrogens with one attached hydrogen (secondary N) is 1. The largest absolute Gasteiger partial charge is 0.442 e. The van der Waals surface area contributed by atoms with Crippen LogP contribution in [0.3, 0.4) is 0 Å². The molecule has 0 aliphatic rings. The Labute approximate surface area is 262 Å². The van der Waals surface area contributed by atoms with Gasteiger partial charge in [-0.15, -0.1) is 0 Å². The van der Waals surface area contributed by atoms with E-state index in [9.17, 15) is 28.0 Å². The first-order valence-corrected chi connectivity index (χ1v) is 14.3. The molecule has 3 aromatic heterocycles. The average molecular weight is 633 g/mol. The van der Waals surface area contributed by atoms with Crippen molar-refractivity contribution in [1.82, 2.24) is 34.1 Å². The highest BCUT2D eigenvalue weighted by atomic mass is 19.4. The molecule has 1 N–H and O–H groups in total. The molecule has 0 fully saturated rings. The zero-order valence-electron chi connectivity index (χ0n) is 25.7. The van der Waals surface area contributed by atoms with Crippen LogP contribution >= 0.6 is 0 Å². The molecule has 238 valence electrons. The summed E-state index contributed by atoms with van der Waals surface area (Å²) in [6.07, 6.45) is -1.62. The minimum Gasteiger partial charge on any atom is -0.442 e. The molecule has 1 amide bonds. The second-order valence-corrected chi connectivity index (χ2v) is 11.3. The van der Waals surface area contributed by atoms with E-state index >= 15 is 0 Å². The molecular weight excluding hydrogens is 601 g/mol. The predicted molar refractivity (Wildman–Crippen MR) is 162 cm³/mol. The fourth-order valence-electron chi connectivity index (χ4n) is 5.15. The maximum absolute atomic E-state index is 14.1. The second-order valence-electron chi connectivity index (χ2n) is 11.3. The number of carbonyl (C=O) groups excluding carboxylic acids is 1. The van der Waals surface area contributed by atoms with E-state index < -0.39 is 29.5 Å². The van der Waals surface area contributed by atoms with Crippen molar-refractivity contribution in [2.45, 2.75) is 39.5 Å². The number of aromatic nitrogens is 5. The van der Waals surface area contributed by atoms with Crippen molar-refractivity contribution in [2.24, 2.45) is 5.92 Å². The molecule has 1 unspecified atom stereocenters. The van der Waals surface area contributed by atoms with Crippen molar-refractivity contribution in [1.29, 1.82) is 5.26 Å². The summed E-state index contributed by atoms with van der Waals surface area (Å²) < 4.78 is 50.3. The quantitative estimate of drug-likeness (QED) is 0.233. The molecule has 46 heavy (non-hydrogen) atoms. The SMILES string of the molecule is Cc1c(-c2ccnn2-c2ccc(C#N)cc2)n(C(=O)NC(c2ncc(CN(C)C)o2)C(C)C)c(=O)n1-c1cccc(C(F)(F)F)c1. The van der Waals surface area contributed by atoms with Crippen molar-refractivity contribution in [3.8, 4) is 28.8 Å². The van der Waals surface area contributed by atoms with Crippen LogP contribution in [0.5, 0.6) is 0 Å². The molecule has 5 rings (SSSR count). The monoisotopic (exact) mass is 632 g/mol. The Bertz CT molecular complexity index is 1970. The Hall–Kier alpha value is -5.42. The number of oxazole rings is 1.